The molecule has 3 heteroatoms. The molecular weight excluding hydrogens is 192 g/mol. The second-order valence-electron chi connectivity index (χ2n) is 3.84. The average Bonchev–Trinajstić information content (AvgIpc) is 2.74. The van der Waals surface area contributed by atoms with Crippen LogP contribution in [0.25, 0.3) is 0 Å². The minimum absolute atomic E-state index is 0.0477. The van der Waals surface area contributed by atoms with E-state index in [-0.39, 0.29) is 11.9 Å². The summed E-state index contributed by atoms with van der Waals surface area (Å²) in [7, 11) is 0. The van der Waals surface area contributed by atoms with Crippen LogP contribution in [0.2, 0.25) is 0 Å². The molecule has 0 heterocycles. The number of aldehydes is 1. The van der Waals surface area contributed by atoms with Crippen molar-refractivity contribution in [3.05, 3.63) is 23.8 Å². The van der Waals surface area contributed by atoms with Crippen molar-refractivity contribution in [3.8, 4) is 11.5 Å². The van der Waals surface area contributed by atoms with Crippen LogP contribution < -0.4 is 4.74 Å². The lowest BCUT2D eigenvalue weighted by Gasteiger charge is -2.15. The van der Waals surface area contributed by atoms with Gasteiger partial charge in [-0.05, 0) is 37.8 Å². The zero-order valence-electron chi connectivity index (χ0n) is 8.48. The molecule has 80 valence electrons. The number of ether oxygens (including phenoxy) is 1. The van der Waals surface area contributed by atoms with Crippen LogP contribution in [0.3, 0.4) is 0 Å². The first kappa shape index (κ1) is 10.0. The number of carbonyl (C=O) groups is 1. The van der Waals surface area contributed by atoms with Gasteiger partial charge in [-0.15, -0.1) is 0 Å². The number of para-hydroxylation sites is 1. The van der Waals surface area contributed by atoms with Crippen LogP contribution >= 0.6 is 0 Å². The van der Waals surface area contributed by atoms with Crippen LogP contribution in [0.1, 0.15) is 36.0 Å². The second-order valence-corrected chi connectivity index (χ2v) is 3.84. The van der Waals surface area contributed by atoms with Crippen LogP contribution in [0.15, 0.2) is 18.2 Å². The van der Waals surface area contributed by atoms with E-state index in [1.54, 1.807) is 12.1 Å². The van der Waals surface area contributed by atoms with E-state index in [0.29, 0.717) is 17.6 Å². The first-order chi connectivity index (χ1) is 7.31. The maximum Gasteiger partial charge on any atom is 0.171 e. The molecule has 0 spiro atoms. The van der Waals surface area contributed by atoms with E-state index in [1.807, 2.05) is 0 Å². The number of benzene rings is 1. The molecule has 1 aliphatic rings. The van der Waals surface area contributed by atoms with Gasteiger partial charge in [0, 0.05) is 0 Å². The predicted octanol–water partition coefficient (Wildman–Crippen LogP) is 2.53. The third kappa shape index (κ3) is 2.12. The van der Waals surface area contributed by atoms with Gasteiger partial charge in [0.2, 0.25) is 0 Å². The molecule has 0 amide bonds. The second kappa shape index (κ2) is 4.34. The standard InChI is InChI=1S/C12H14O3/c13-8-9-4-3-7-11(14)12(9)15-10-5-1-2-6-10/h3-4,7-8,10,14H,1-2,5-6H2. The van der Waals surface area contributed by atoms with Crippen LogP contribution in [0.4, 0.5) is 0 Å². The van der Waals surface area contributed by atoms with E-state index in [2.05, 4.69) is 0 Å². The third-order valence-electron chi connectivity index (χ3n) is 2.74. The minimum Gasteiger partial charge on any atom is -0.504 e. The van der Waals surface area contributed by atoms with E-state index in [1.165, 1.54) is 6.07 Å². The Hall–Kier alpha value is -1.51. The third-order valence-corrected chi connectivity index (χ3v) is 2.74. The number of carbonyl (C=O) groups excluding carboxylic acids is 1. The highest BCUT2D eigenvalue weighted by Gasteiger charge is 2.19. The molecule has 0 unspecified atom stereocenters. The lowest BCUT2D eigenvalue weighted by molar-refractivity contribution is 0.111. The van der Waals surface area contributed by atoms with E-state index in [0.717, 1.165) is 25.7 Å². The number of rotatable bonds is 3. The van der Waals surface area contributed by atoms with Gasteiger partial charge in [-0.25, -0.2) is 0 Å². The van der Waals surface area contributed by atoms with Crippen molar-refractivity contribution in [3.63, 3.8) is 0 Å². The number of phenolic OH excluding ortho intramolecular Hbond substituents is 1. The maximum atomic E-state index is 10.8. The zero-order valence-corrected chi connectivity index (χ0v) is 8.48. The first-order valence-corrected chi connectivity index (χ1v) is 5.25. The fraction of sp³-hybridized carbons (Fsp3) is 0.417. The molecule has 0 radical (unpaired) electrons. The molecule has 3 nitrogen and oxygen atoms in total. The molecule has 0 aromatic heterocycles. The molecular formula is C12H14O3. The molecule has 2 rings (SSSR count). The number of hydrogen-bond donors (Lipinski definition) is 1. The largest absolute Gasteiger partial charge is 0.504 e. The Bertz CT molecular complexity index is 354. The van der Waals surface area contributed by atoms with Crippen LogP contribution in [0, 0.1) is 0 Å². The Balaban J connectivity index is 2.21. The molecule has 1 saturated carbocycles. The highest BCUT2D eigenvalue weighted by atomic mass is 16.5. The lowest BCUT2D eigenvalue weighted by atomic mass is 10.2. The van der Waals surface area contributed by atoms with Crippen LogP contribution in [-0.4, -0.2) is 17.5 Å². The van der Waals surface area contributed by atoms with Gasteiger partial charge in [0.05, 0.1) is 11.7 Å². The van der Waals surface area contributed by atoms with Gasteiger partial charge in [-0.2, -0.15) is 0 Å². The summed E-state index contributed by atoms with van der Waals surface area (Å²) < 4.78 is 5.65. The number of phenols is 1. The normalized spacial score (nSPS) is 16.5. The van der Waals surface area contributed by atoms with Crippen molar-refractivity contribution in [2.45, 2.75) is 31.8 Å². The van der Waals surface area contributed by atoms with Gasteiger partial charge >= 0.3 is 0 Å². The van der Waals surface area contributed by atoms with Crippen molar-refractivity contribution >= 4 is 6.29 Å². The highest BCUT2D eigenvalue weighted by molar-refractivity contribution is 5.81. The topological polar surface area (TPSA) is 46.5 Å². The predicted molar refractivity (Wildman–Crippen MR) is 56.4 cm³/mol. The maximum absolute atomic E-state index is 10.8. The monoisotopic (exact) mass is 206 g/mol. The van der Waals surface area contributed by atoms with Crippen molar-refractivity contribution in [1.82, 2.24) is 0 Å². The fourth-order valence-electron chi connectivity index (χ4n) is 1.94. The molecule has 0 atom stereocenters. The van der Waals surface area contributed by atoms with Gasteiger partial charge in [0.15, 0.2) is 17.8 Å². The van der Waals surface area contributed by atoms with Gasteiger partial charge in [-0.1, -0.05) is 6.07 Å². The van der Waals surface area contributed by atoms with Gasteiger partial charge in [0.25, 0.3) is 0 Å². The number of aromatic hydroxyl groups is 1. The Morgan fingerprint density at radius 1 is 1.33 bits per heavy atom. The smallest absolute Gasteiger partial charge is 0.171 e. The van der Waals surface area contributed by atoms with Crippen molar-refractivity contribution < 1.29 is 14.6 Å². The minimum atomic E-state index is 0.0477. The quantitative estimate of drug-likeness (QED) is 0.773. The summed E-state index contributed by atoms with van der Waals surface area (Å²) >= 11 is 0. The summed E-state index contributed by atoms with van der Waals surface area (Å²) in [6.07, 6.45) is 5.20. The van der Waals surface area contributed by atoms with E-state index < -0.39 is 0 Å². The Morgan fingerprint density at radius 2 is 2.07 bits per heavy atom. The van der Waals surface area contributed by atoms with E-state index in [4.69, 9.17) is 4.74 Å². The summed E-state index contributed by atoms with van der Waals surface area (Å²) in [6.45, 7) is 0. The van der Waals surface area contributed by atoms with Crippen molar-refractivity contribution in [1.29, 1.82) is 0 Å². The van der Waals surface area contributed by atoms with E-state index in [9.17, 15) is 9.90 Å². The molecule has 1 aliphatic carbocycles. The van der Waals surface area contributed by atoms with E-state index >= 15 is 0 Å². The summed E-state index contributed by atoms with van der Waals surface area (Å²) in [5.41, 5.74) is 0.418. The highest BCUT2D eigenvalue weighted by Crippen LogP contribution is 2.32. The Kier molecular flexibility index (Phi) is 2.90. The molecule has 1 N–H and O–H groups in total. The molecule has 1 aromatic carbocycles. The molecule has 1 aromatic rings. The molecule has 15 heavy (non-hydrogen) atoms. The van der Waals surface area contributed by atoms with Crippen molar-refractivity contribution in [2.24, 2.45) is 0 Å². The average molecular weight is 206 g/mol. The summed E-state index contributed by atoms with van der Waals surface area (Å²) in [6, 6.07) is 4.83. The van der Waals surface area contributed by atoms with Crippen LogP contribution in [0.5, 0.6) is 11.5 Å². The van der Waals surface area contributed by atoms with Crippen molar-refractivity contribution in [2.75, 3.05) is 0 Å². The van der Waals surface area contributed by atoms with Gasteiger partial charge in [-0.3, -0.25) is 4.79 Å². The molecule has 0 saturated heterocycles. The SMILES string of the molecule is O=Cc1cccc(O)c1OC1CCCC1. The molecule has 0 aliphatic heterocycles. The summed E-state index contributed by atoms with van der Waals surface area (Å²) in [5, 5.41) is 9.60. The summed E-state index contributed by atoms with van der Waals surface area (Å²) in [5.74, 6) is 0.380. The zero-order chi connectivity index (χ0) is 10.7. The Morgan fingerprint density at radius 3 is 2.73 bits per heavy atom. The number of hydrogen-bond acceptors (Lipinski definition) is 3. The van der Waals surface area contributed by atoms with Gasteiger partial charge in [0.1, 0.15) is 0 Å². The van der Waals surface area contributed by atoms with Crippen LogP contribution in [-0.2, 0) is 0 Å². The summed E-state index contributed by atoms with van der Waals surface area (Å²) in [4.78, 5) is 10.8. The van der Waals surface area contributed by atoms with Gasteiger partial charge < -0.3 is 9.84 Å². The first-order valence-electron chi connectivity index (χ1n) is 5.25. The molecule has 0 bridgehead atoms. The Labute approximate surface area is 88.7 Å². The lowest BCUT2D eigenvalue weighted by Crippen LogP contribution is -2.12. The fourth-order valence-corrected chi connectivity index (χ4v) is 1.94. The molecule has 1 fully saturated rings.